The highest BCUT2D eigenvalue weighted by atomic mass is 32.2. The zero-order valence-electron chi connectivity index (χ0n) is 16.3. The number of hydrogen-bond acceptors (Lipinski definition) is 2. The fourth-order valence-electron chi connectivity index (χ4n) is 2.92. The van der Waals surface area contributed by atoms with Crippen molar-refractivity contribution in [3.05, 3.63) is 90.0 Å². The van der Waals surface area contributed by atoms with Crippen LogP contribution in [0.1, 0.15) is 30.4 Å². The van der Waals surface area contributed by atoms with Gasteiger partial charge in [-0.25, -0.2) is 8.42 Å². The summed E-state index contributed by atoms with van der Waals surface area (Å²) in [5.74, 6) is 0. The van der Waals surface area contributed by atoms with E-state index in [0.29, 0.717) is 17.9 Å². The Kier molecular flexibility index (Phi) is 8.01. The third-order valence-corrected chi connectivity index (χ3v) is 6.32. The highest BCUT2D eigenvalue weighted by Crippen LogP contribution is 2.18. The monoisotopic (exact) mass is 383 g/mol. The summed E-state index contributed by atoms with van der Waals surface area (Å²) in [4.78, 5) is 0.331. The van der Waals surface area contributed by atoms with Gasteiger partial charge < -0.3 is 0 Å². The second kappa shape index (κ2) is 10.2. The molecule has 0 atom stereocenters. The number of likely N-dealkylation sites (N-methyl/N-ethyl adjacent to an activating group) is 1. The van der Waals surface area contributed by atoms with Crippen molar-refractivity contribution in [1.82, 2.24) is 4.31 Å². The maximum atomic E-state index is 12.8. The van der Waals surface area contributed by atoms with Crippen LogP contribution in [0.4, 0.5) is 0 Å². The lowest BCUT2D eigenvalue weighted by atomic mass is 10.1. The minimum absolute atomic E-state index is 0.331. The average Bonchev–Trinajstić information content (AvgIpc) is 2.66. The molecule has 0 spiro atoms. The lowest BCUT2D eigenvalue weighted by Gasteiger charge is -2.19. The predicted molar refractivity (Wildman–Crippen MR) is 113 cm³/mol. The zero-order valence-corrected chi connectivity index (χ0v) is 17.1. The largest absolute Gasteiger partial charge is 0.243 e. The second-order valence-electron chi connectivity index (χ2n) is 6.81. The molecule has 2 aromatic rings. The SMILES string of the molecule is C=CC/C(=C\CCCc1ccccc1)CN(C)S(=O)(=O)c1ccc(C)cc1. The summed E-state index contributed by atoms with van der Waals surface area (Å²) in [7, 11) is -1.85. The molecule has 0 saturated heterocycles. The summed E-state index contributed by atoms with van der Waals surface area (Å²) in [6.45, 7) is 6.13. The van der Waals surface area contributed by atoms with Crippen molar-refractivity contribution in [2.24, 2.45) is 0 Å². The van der Waals surface area contributed by atoms with Gasteiger partial charge in [0.1, 0.15) is 0 Å². The van der Waals surface area contributed by atoms with Crippen molar-refractivity contribution < 1.29 is 8.42 Å². The minimum Gasteiger partial charge on any atom is -0.207 e. The van der Waals surface area contributed by atoms with E-state index in [9.17, 15) is 8.42 Å². The van der Waals surface area contributed by atoms with Crippen LogP contribution in [0, 0.1) is 6.92 Å². The molecule has 0 radical (unpaired) electrons. The smallest absolute Gasteiger partial charge is 0.207 e. The molecule has 4 heteroatoms. The van der Waals surface area contributed by atoms with Crippen LogP contribution in [0.2, 0.25) is 0 Å². The van der Waals surface area contributed by atoms with Crippen molar-refractivity contribution in [1.29, 1.82) is 0 Å². The number of hydrogen-bond donors (Lipinski definition) is 0. The van der Waals surface area contributed by atoms with Crippen LogP contribution in [0.5, 0.6) is 0 Å². The lowest BCUT2D eigenvalue weighted by molar-refractivity contribution is 0.490. The van der Waals surface area contributed by atoms with Gasteiger partial charge in [0.15, 0.2) is 0 Å². The second-order valence-corrected chi connectivity index (χ2v) is 8.85. The van der Waals surface area contributed by atoms with Gasteiger partial charge in [0, 0.05) is 13.6 Å². The van der Waals surface area contributed by atoms with E-state index in [1.54, 1.807) is 19.2 Å². The van der Waals surface area contributed by atoms with Crippen molar-refractivity contribution in [3.8, 4) is 0 Å². The van der Waals surface area contributed by atoms with Gasteiger partial charge in [0.2, 0.25) is 10.0 Å². The molecule has 2 aromatic carbocycles. The summed E-state index contributed by atoms with van der Waals surface area (Å²) in [5.41, 5.74) is 3.45. The van der Waals surface area contributed by atoms with Gasteiger partial charge in [-0.1, -0.05) is 65.8 Å². The Labute approximate surface area is 164 Å². The number of unbranched alkanes of at least 4 members (excludes halogenated alkanes) is 1. The third-order valence-electron chi connectivity index (χ3n) is 4.51. The van der Waals surface area contributed by atoms with E-state index in [2.05, 4.69) is 36.9 Å². The van der Waals surface area contributed by atoms with E-state index in [1.807, 2.05) is 31.2 Å². The van der Waals surface area contributed by atoms with Gasteiger partial charge in [0.05, 0.1) is 4.90 Å². The number of nitrogens with zero attached hydrogens (tertiary/aromatic N) is 1. The number of sulfonamides is 1. The van der Waals surface area contributed by atoms with Gasteiger partial charge in [-0.05, 0) is 50.3 Å². The molecular formula is C23H29NO2S. The van der Waals surface area contributed by atoms with Crippen LogP contribution in [-0.2, 0) is 16.4 Å². The van der Waals surface area contributed by atoms with E-state index in [0.717, 1.165) is 30.4 Å². The molecule has 27 heavy (non-hydrogen) atoms. The Morgan fingerprint density at radius 2 is 1.74 bits per heavy atom. The molecule has 3 nitrogen and oxygen atoms in total. The first kappa shape index (κ1) is 21.1. The maximum absolute atomic E-state index is 12.8. The summed E-state index contributed by atoms with van der Waals surface area (Å²) in [6.07, 6.45) is 7.67. The Hall–Kier alpha value is -2.17. The fraction of sp³-hybridized carbons (Fsp3) is 0.304. The fourth-order valence-corrected chi connectivity index (χ4v) is 4.09. The number of benzene rings is 2. The number of allylic oxidation sites excluding steroid dienone is 2. The van der Waals surface area contributed by atoms with Crippen LogP contribution in [0.15, 0.2) is 83.8 Å². The highest BCUT2D eigenvalue weighted by molar-refractivity contribution is 7.89. The van der Waals surface area contributed by atoms with Crippen LogP contribution in [0.25, 0.3) is 0 Å². The normalized spacial score (nSPS) is 12.3. The van der Waals surface area contributed by atoms with Gasteiger partial charge in [-0.2, -0.15) is 4.31 Å². The first-order chi connectivity index (χ1) is 12.9. The van der Waals surface area contributed by atoms with Crippen LogP contribution in [-0.4, -0.2) is 26.3 Å². The molecule has 0 heterocycles. The van der Waals surface area contributed by atoms with Crippen LogP contribution < -0.4 is 0 Å². The van der Waals surface area contributed by atoms with E-state index in [1.165, 1.54) is 9.87 Å². The molecule has 0 aromatic heterocycles. The van der Waals surface area contributed by atoms with E-state index >= 15 is 0 Å². The molecule has 0 unspecified atom stereocenters. The first-order valence-electron chi connectivity index (χ1n) is 9.29. The van der Waals surface area contributed by atoms with Gasteiger partial charge in [-0.15, -0.1) is 6.58 Å². The van der Waals surface area contributed by atoms with Gasteiger partial charge >= 0.3 is 0 Å². The van der Waals surface area contributed by atoms with Gasteiger partial charge in [0.25, 0.3) is 0 Å². The number of aryl methyl sites for hydroxylation is 2. The molecule has 0 aliphatic rings. The van der Waals surface area contributed by atoms with Gasteiger partial charge in [-0.3, -0.25) is 0 Å². The van der Waals surface area contributed by atoms with E-state index in [-0.39, 0.29) is 0 Å². The average molecular weight is 384 g/mol. The van der Waals surface area contributed by atoms with Crippen molar-refractivity contribution >= 4 is 10.0 Å². The predicted octanol–water partition coefficient (Wildman–Crippen LogP) is 5.14. The lowest BCUT2D eigenvalue weighted by Crippen LogP contribution is -2.29. The van der Waals surface area contributed by atoms with E-state index in [4.69, 9.17) is 0 Å². The van der Waals surface area contributed by atoms with E-state index < -0.39 is 10.0 Å². The molecule has 144 valence electrons. The highest BCUT2D eigenvalue weighted by Gasteiger charge is 2.21. The standard InChI is InChI=1S/C23H29NO2S/c1-4-10-22(14-9-8-13-21-11-6-5-7-12-21)19-24(3)27(25,26)23-17-15-20(2)16-18-23/h4-7,11-12,14-18H,1,8-10,13,19H2,2-3H3/b22-14+. The Balaban J connectivity index is 1.98. The third kappa shape index (κ3) is 6.49. The summed E-state index contributed by atoms with van der Waals surface area (Å²) in [5, 5.41) is 0. The molecule has 0 aliphatic carbocycles. The number of rotatable bonds is 10. The molecule has 2 rings (SSSR count). The minimum atomic E-state index is -3.48. The molecule has 0 bridgehead atoms. The van der Waals surface area contributed by atoms with Crippen molar-refractivity contribution in [2.45, 2.75) is 37.5 Å². The van der Waals surface area contributed by atoms with Crippen molar-refractivity contribution in [2.75, 3.05) is 13.6 Å². The van der Waals surface area contributed by atoms with Crippen LogP contribution >= 0.6 is 0 Å². The Bertz CT molecular complexity index is 853. The first-order valence-corrected chi connectivity index (χ1v) is 10.7. The maximum Gasteiger partial charge on any atom is 0.243 e. The molecule has 0 N–H and O–H groups in total. The quantitative estimate of drug-likeness (QED) is 0.421. The Morgan fingerprint density at radius 1 is 1.07 bits per heavy atom. The van der Waals surface area contributed by atoms with Crippen molar-refractivity contribution in [3.63, 3.8) is 0 Å². The molecular weight excluding hydrogens is 354 g/mol. The molecule has 0 saturated carbocycles. The zero-order chi connectivity index (χ0) is 19.7. The molecule has 0 fully saturated rings. The summed E-state index contributed by atoms with van der Waals surface area (Å²) in [6, 6.07) is 17.4. The molecule has 0 aliphatic heterocycles. The summed E-state index contributed by atoms with van der Waals surface area (Å²) >= 11 is 0. The topological polar surface area (TPSA) is 37.4 Å². The van der Waals surface area contributed by atoms with Crippen LogP contribution in [0.3, 0.4) is 0 Å². The molecule has 0 amide bonds. The Morgan fingerprint density at radius 3 is 2.37 bits per heavy atom. The summed E-state index contributed by atoms with van der Waals surface area (Å²) < 4.78 is 27.0.